The predicted octanol–water partition coefficient (Wildman–Crippen LogP) is 3.43. The molecule has 2 aromatic rings. The van der Waals surface area contributed by atoms with E-state index in [9.17, 15) is 37.3 Å². The van der Waals surface area contributed by atoms with Gasteiger partial charge in [0.15, 0.2) is 0 Å². The number of aromatic nitrogens is 2. The highest BCUT2D eigenvalue weighted by Crippen LogP contribution is 2.38. The number of carboxylic acid groups (broad SMARTS) is 1. The SMILES string of the molecule is Cc1c(F)c(C(=O)O)cc([N+](=O)[O-])c1N1CCN(c2nccc(C(F)(F)F)n2)C(C(C)C)C1=O. The van der Waals surface area contributed by atoms with Crippen molar-refractivity contribution in [3.05, 3.63) is 51.1 Å². The summed E-state index contributed by atoms with van der Waals surface area (Å²) in [7, 11) is 0. The van der Waals surface area contributed by atoms with E-state index in [1.807, 2.05) is 0 Å². The molecule has 14 heteroatoms. The van der Waals surface area contributed by atoms with Crippen LogP contribution in [0.25, 0.3) is 0 Å². The summed E-state index contributed by atoms with van der Waals surface area (Å²) in [5.74, 6) is -4.55. The van der Waals surface area contributed by atoms with Gasteiger partial charge >= 0.3 is 12.1 Å². The Morgan fingerprint density at radius 2 is 1.97 bits per heavy atom. The highest BCUT2D eigenvalue weighted by molar-refractivity contribution is 6.03. The van der Waals surface area contributed by atoms with E-state index < -0.39 is 68.9 Å². The molecule has 0 bridgehead atoms. The first kappa shape index (κ1) is 24.8. The Morgan fingerprint density at radius 3 is 2.50 bits per heavy atom. The van der Waals surface area contributed by atoms with Gasteiger partial charge in [-0.2, -0.15) is 13.2 Å². The zero-order valence-electron chi connectivity index (χ0n) is 18.1. The average Bonchev–Trinajstić information content (AvgIpc) is 2.74. The van der Waals surface area contributed by atoms with Crippen LogP contribution in [0.15, 0.2) is 18.3 Å². The molecule has 0 radical (unpaired) electrons. The summed E-state index contributed by atoms with van der Waals surface area (Å²) in [6.07, 6.45) is -3.83. The number of alkyl halides is 3. The number of hydrogen-bond acceptors (Lipinski definition) is 7. The molecule has 1 atom stereocenters. The van der Waals surface area contributed by atoms with Crippen molar-refractivity contribution < 1.29 is 37.2 Å². The lowest BCUT2D eigenvalue weighted by atomic mass is 9.97. The van der Waals surface area contributed by atoms with Crippen LogP contribution in [0.4, 0.5) is 34.9 Å². The van der Waals surface area contributed by atoms with Crippen molar-refractivity contribution >= 4 is 29.2 Å². The maximum Gasteiger partial charge on any atom is 0.433 e. The van der Waals surface area contributed by atoms with Crippen molar-refractivity contribution in [2.75, 3.05) is 22.9 Å². The molecule has 10 nitrogen and oxygen atoms in total. The Kier molecular flexibility index (Phi) is 6.44. The second kappa shape index (κ2) is 8.83. The van der Waals surface area contributed by atoms with Crippen molar-refractivity contribution in [3.8, 4) is 0 Å². The molecule has 1 N–H and O–H groups in total. The van der Waals surface area contributed by atoms with Crippen LogP contribution >= 0.6 is 0 Å². The Bertz CT molecular complexity index is 1170. The van der Waals surface area contributed by atoms with E-state index in [4.69, 9.17) is 5.11 Å². The second-order valence-electron chi connectivity index (χ2n) is 7.90. The summed E-state index contributed by atoms with van der Waals surface area (Å²) in [5.41, 5.74) is -3.72. The average molecular weight is 485 g/mol. The van der Waals surface area contributed by atoms with Crippen LogP contribution in [0.2, 0.25) is 0 Å². The third-order valence-electron chi connectivity index (χ3n) is 5.38. The van der Waals surface area contributed by atoms with E-state index in [-0.39, 0.29) is 19.0 Å². The molecule has 1 amide bonds. The molecular formula is C20H19F4N5O5. The van der Waals surface area contributed by atoms with Gasteiger partial charge in [0.2, 0.25) is 11.9 Å². The van der Waals surface area contributed by atoms with Gasteiger partial charge in [-0.3, -0.25) is 14.9 Å². The molecule has 1 aliphatic rings. The highest BCUT2D eigenvalue weighted by atomic mass is 19.4. The third-order valence-corrected chi connectivity index (χ3v) is 5.38. The fourth-order valence-electron chi connectivity index (χ4n) is 3.89. The van der Waals surface area contributed by atoms with Gasteiger partial charge in [-0.15, -0.1) is 0 Å². The first-order chi connectivity index (χ1) is 15.8. The van der Waals surface area contributed by atoms with E-state index in [1.54, 1.807) is 13.8 Å². The Balaban J connectivity index is 2.10. The molecule has 1 aromatic carbocycles. The maximum absolute atomic E-state index is 14.7. The summed E-state index contributed by atoms with van der Waals surface area (Å²) in [4.78, 5) is 45.1. The van der Waals surface area contributed by atoms with Crippen LogP contribution in [-0.4, -0.2) is 51.0 Å². The normalized spacial score (nSPS) is 16.8. The minimum Gasteiger partial charge on any atom is -0.478 e. The number of hydrogen-bond donors (Lipinski definition) is 1. The summed E-state index contributed by atoms with van der Waals surface area (Å²) < 4.78 is 54.1. The molecule has 34 heavy (non-hydrogen) atoms. The Morgan fingerprint density at radius 1 is 1.32 bits per heavy atom. The van der Waals surface area contributed by atoms with Gasteiger partial charge in [0.05, 0.1) is 4.92 Å². The standard InChI is InChI=1S/C20H19F4N5O5/c1-9(2)15-17(30)27(6-7-28(15)19-25-5-4-13(26-19)20(22,23)24)16-10(3)14(21)11(18(31)32)8-12(16)29(33)34/h4-5,8-9,15H,6-7H2,1-3H3,(H,31,32). The molecule has 3 rings (SSSR count). The number of aromatic carboxylic acids is 1. The van der Waals surface area contributed by atoms with E-state index in [1.165, 1.54) is 4.90 Å². The molecule has 0 spiro atoms. The smallest absolute Gasteiger partial charge is 0.433 e. The van der Waals surface area contributed by atoms with Crippen LogP contribution in [0, 0.1) is 28.8 Å². The number of anilines is 2. The van der Waals surface area contributed by atoms with Crippen LogP contribution in [0.5, 0.6) is 0 Å². The fourth-order valence-corrected chi connectivity index (χ4v) is 3.89. The Hall–Kier alpha value is -3.84. The number of carboxylic acids is 1. The summed E-state index contributed by atoms with van der Waals surface area (Å²) in [6.45, 7) is 3.96. The van der Waals surface area contributed by atoms with Crippen LogP contribution in [0.1, 0.15) is 35.5 Å². The zero-order chi connectivity index (χ0) is 25.5. The summed E-state index contributed by atoms with van der Waals surface area (Å²) in [6, 6.07) is 0.101. The quantitative estimate of drug-likeness (QED) is 0.387. The number of halogens is 4. The largest absolute Gasteiger partial charge is 0.478 e. The van der Waals surface area contributed by atoms with Crippen LogP contribution in [0.3, 0.4) is 0 Å². The number of amides is 1. The Labute approximate surface area is 190 Å². The molecule has 1 unspecified atom stereocenters. The van der Waals surface area contributed by atoms with Crippen molar-refractivity contribution in [1.82, 2.24) is 9.97 Å². The van der Waals surface area contributed by atoms with Gasteiger partial charge in [0.25, 0.3) is 5.69 Å². The molecule has 0 aliphatic carbocycles. The van der Waals surface area contributed by atoms with Gasteiger partial charge in [0.1, 0.15) is 28.8 Å². The number of piperazine rings is 1. The van der Waals surface area contributed by atoms with E-state index in [0.29, 0.717) is 12.1 Å². The number of benzene rings is 1. The van der Waals surface area contributed by atoms with Gasteiger partial charge in [-0.05, 0) is 18.9 Å². The first-order valence-electron chi connectivity index (χ1n) is 9.94. The maximum atomic E-state index is 14.7. The van der Waals surface area contributed by atoms with Gasteiger partial charge in [-0.25, -0.2) is 19.2 Å². The van der Waals surface area contributed by atoms with Gasteiger partial charge in [-0.1, -0.05) is 13.8 Å². The molecule has 1 aliphatic heterocycles. The molecule has 2 heterocycles. The van der Waals surface area contributed by atoms with Crippen molar-refractivity contribution in [1.29, 1.82) is 0 Å². The number of nitro benzene ring substituents is 1. The first-order valence-corrected chi connectivity index (χ1v) is 9.94. The minimum absolute atomic E-state index is 0.116. The topological polar surface area (TPSA) is 130 Å². The predicted molar refractivity (Wildman–Crippen MR) is 110 cm³/mol. The number of nitro groups is 1. The van der Waals surface area contributed by atoms with E-state index in [0.717, 1.165) is 18.0 Å². The number of carbonyl (C=O) groups excluding carboxylic acids is 1. The van der Waals surface area contributed by atoms with E-state index >= 15 is 0 Å². The number of nitrogens with zero attached hydrogens (tertiary/aromatic N) is 5. The van der Waals surface area contributed by atoms with E-state index in [2.05, 4.69) is 9.97 Å². The molecule has 182 valence electrons. The van der Waals surface area contributed by atoms with Crippen molar-refractivity contribution in [2.24, 2.45) is 5.92 Å². The van der Waals surface area contributed by atoms with Gasteiger partial charge in [0, 0.05) is 30.9 Å². The number of carbonyl (C=O) groups is 2. The minimum atomic E-state index is -4.74. The lowest BCUT2D eigenvalue weighted by molar-refractivity contribution is -0.384. The summed E-state index contributed by atoms with van der Waals surface area (Å²) >= 11 is 0. The van der Waals surface area contributed by atoms with Crippen LogP contribution in [-0.2, 0) is 11.0 Å². The molecule has 1 aromatic heterocycles. The lowest BCUT2D eigenvalue weighted by Crippen LogP contribution is -2.60. The third kappa shape index (κ3) is 4.34. The molecule has 1 fully saturated rings. The molecular weight excluding hydrogens is 466 g/mol. The number of rotatable bonds is 5. The molecule has 0 saturated carbocycles. The summed E-state index contributed by atoms with van der Waals surface area (Å²) in [5, 5.41) is 20.8. The van der Waals surface area contributed by atoms with Crippen molar-refractivity contribution in [2.45, 2.75) is 33.0 Å². The second-order valence-corrected chi connectivity index (χ2v) is 7.90. The van der Waals surface area contributed by atoms with Crippen molar-refractivity contribution in [3.63, 3.8) is 0 Å². The highest BCUT2D eigenvalue weighted by Gasteiger charge is 2.43. The monoisotopic (exact) mass is 485 g/mol. The zero-order valence-corrected chi connectivity index (χ0v) is 18.1. The van der Waals surface area contributed by atoms with Crippen LogP contribution < -0.4 is 9.80 Å². The molecule has 1 saturated heterocycles. The lowest BCUT2D eigenvalue weighted by Gasteiger charge is -2.42. The fraction of sp³-hybridized carbons (Fsp3) is 0.400. The van der Waals surface area contributed by atoms with Gasteiger partial charge < -0.3 is 14.9 Å².